The molecule has 16 heavy (non-hydrogen) atoms. The molecule has 0 saturated heterocycles. The summed E-state index contributed by atoms with van der Waals surface area (Å²) < 4.78 is 3.00. The third kappa shape index (κ3) is 2.81. The summed E-state index contributed by atoms with van der Waals surface area (Å²) in [4.78, 5) is 0. The molecule has 1 fully saturated rings. The van der Waals surface area contributed by atoms with Gasteiger partial charge in [-0.15, -0.1) is 0 Å². The van der Waals surface area contributed by atoms with Crippen molar-refractivity contribution < 1.29 is 5.11 Å². The molecule has 1 aromatic rings. The van der Waals surface area contributed by atoms with Crippen LogP contribution in [0.5, 0.6) is 0 Å². The highest BCUT2D eigenvalue weighted by Crippen LogP contribution is 2.36. The zero-order chi connectivity index (χ0) is 11.7. The predicted molar refractivity (Wildman–Crippen MR) is 76.8 cm³/mol. The van der Waals surface area contributed by atoms with Crippen molar-refractivity contribution in [3.8, 4) is 0 Å². The second-order valence-electron chi connectivity index (χ2n) is 3.99. The Morgan fingerprint density at radius 3 is 2.25 bits per heavy atom. The van der Waals surface area contributed by atoms with Gasteiger partial charge in [0.15, 0.2) is 0 Å². The van der Waals surface area contributed by atoms with Crippen LogP contribution in [-0.4, -0.2) is 17.3 Å². The van der Waals surface area contributed by atoms with E-state index in [9.17, 15) is 5.11 Å². The molecule has 1 aliphatic carbocycles. The molecule has 0 aromatic heterocycles. The van der Waals surface area contributed by atoms with E-state index in [4.69, 9.17) is 0 Å². The van der Waals surface area contributed by atoms with Crippen molar-refractivity contribution in [2.75, 3.05) is 5.32 Å². The first-order chi connectivity index (χ1) is 7.58. The van der Waals surface area contributed by atoms with E-state index in [1.807, 2.05) is 12.1 Å². The number of benzene rings is 1. The molecule has 1 saturated carbocycles. The Balaban J connectivity index is 2.21. The summed E-state index contributed by atoms with van der Waals surface area (Å²) in [5.74, 6) is 0. The Hall–Kier alpha value is 0.420. The number of hydrogen-bond acceptors (Lipinski definition) is 2. The molecule has 5 heteroatoms. The lowest BCUT2D eigenvalue weighted by Gasteiger charge is -2.20. The fourth-order valence-electron chi connectivity index (χ4n) is 1.97. The summed E-state index contributed by atoms with van der Waals surface area (Å²) in [6.07, 6.45) is 2.77. The molecule has 1 aromatic carbocycles. The van der Waals surface area contributed by atoms with Crippen LogP contribution in [-0.2, 0) is 0 Å². The van der Waals surface area contributed by atoms with Gasteiger partial charge in [0, 0.05) is 13.4 Å². The highest BCUT2D eigenvalue weighted by molar-refractivity contribution is 9.11. The molecule has 1 aliphatic rings. The Kier molecular flexibility index (Phi) is 4.32. The van der Waals surface area contributed by atoms with E-state index in [1.165, 1.54) is 0 Å². The lowest BCUT2D eigenvalue weighted by atomic mass is 10.2. The zero-order valence-corrected chi connectivity index (χ0v) is 13.3. The van der Waals surface area contributed by atoms with E-state index in [-0.39, 0.29) is 12.1 Å². The maximum atomic E-state index is 9.78. The van der Waals surface area contributed by atoms with Crippen LogP contribution in [0.1, 0.15) is 19.3 Å². The summed E-state index contributed by atoms with van der Waals surface area (Å²) in [5, 5.41) is 13.2. The number of rotatable bonds is 2. The normalized spacial score (nSPS) is 24.8. The fourth-order valence-corrected chi connectivity index (χ4v) is 4.46. The van der Waals surface area contributed by atoms with Crippen molar-refractivity contribution in [2.24, 2.45) is 0 Å². The van der Waals surface area contributed by atoms with E-state index in [2.05, 4.69) is 53.1 Å². The minimum absolute atomic E-state index is 0.161. The number of anilines is 1. The maximum Gasteiger partial charge on any atom is 0.0741 e. The largest absolute Gasteiger partial charge is 0.391 e. The van der Waals surface area contributed by atoms with Gasteiger partial charge in [-0.25, -0.2) is 0 Å². The third-order valence-electron chi connectivity index (χ3n) is 2.82. The number of hydrogen-bond donors (Lipinski definition) is 2. The first-order valence-corrected chi connectivity index (χ1v) is 7.55. The Morgan fingerprint density at radius 2 is 1.75 bits per heavy atom. The van der Waals surface area contributed by atoms with E-state index >= 15 is 0 Å². The average molecular weight is 414 g/mol. The fraction of sp³-hybridized carbons (Fsp3) is 0.455. The number of halogens is 3. The summed E-state index contributed by atoms with van der Waals surface area (Å²) in [6.45, 7) is 0. The Bertz CT molecular complexity index is 374. The Labute approximate surface area is 120 Å². The van der Waals surface area contributed by atoms with Crippen LogP contribution < -0.4 is 5.32 Å². The molecule has 0 radical (unpaired) electrons. The van der Waals surface area contributed by atoms with E-state index < -0.39 is 0 Å². The van der Waals surface area contributed by atoms with Gasteiger partial charge in [-0.05, 0) is 63.3 Å². The van der Waals surface area contributed by atoms with Gasteiger partial charge in [0.1, 0.15) is 0 Å². The standard InChI is InChI=1S/C11H12Br3NO/c12-6-4-7(13)11(8(14)5-6)15-9-2-1-3-10(9)16/h4-5,9-10,15-16H,1-3H2/t9-,10-/m1/s1. The minimum atomic E-state index is -0.234. The second-order valence-corrected chi connectivity index (χ2v) is 6.62. The molecule has 0 aliphatic heterocycles. The quantitative estimate of drug-likeness (QED) is 0.757. The van der Waals surface area contributed by atoms with Crippen molar-refractivity contribution in [2.45, 2.75) is 31.4 Å². The van der Waals surface area contributed by atoms with Gasteiger partial charge in [0.05, 0.1) is 17.8 Å². The Morgan fingerprint density at radius 1 is 1.12 bits per heavy atom. The number of aliphatic hydroxyl groups is 1. The van der Waals surface area contributed by atoms with Crippen LogP contribution in [0.3, 0.4) is 0 Å². The predicted octanol–water partition coefficient (Wildman–Crippen LogP) is 4.30. The second kappa shape index (κ2) is 5.38. The van der Waals surface area contributed by atoms with Gasteiger partial charge < -0.3 is 10.4 Å². The van der Waals surface area contributed by atoms with Crippen LogP contribution in [0.2, 0.25) is 0 Å². The molecule has 88 valence electrons. The minimum Gasteiger partial charge on any atom is -0.391 e. The molecule has 0 unspecified atom stereocenters. The van der Waals surface area contributed by atoms with Crippen LogP contribution in [0, 0.1) is 0 Å². The van der Waals surface area contributed by atoms with E-state index in [1.54, 1.807) is 0 Å². The molecular formula is C11H12Br3NO. The highest BCUT2D eigenvalue weighted by atomic mass is 79.9. The molecule has 0 amide bonds. The van der Waals surface area contributed by atoms with Crippen LogP contribution >= 0.6 is 47.8 Å². The smallest absolute Gasteiger partial charge is 0.0741 e. The van der Waals surface area contributed by atoms with Gasteiger partial charge in [0.2, 0.25) is 0 Å². The lowest BCUT2D eigenvalue weighted by molar-refractivity contribution is 0.172. The van der Waals surface area contributed by atoms with Crippen molar-refractivity contribution >= 4 is 53.5 Å². The van der Waals surface area contributed by atoms with Gasteiger partial charge in [-0.1, -0.05) is 15.9 Å². The first kappa shape index (κ1) is 12.9. The van der Waals surface area contributed by atoms with Crippen molar-refractivity contribution in [1.29, 1.82) is 0 Å². The zero-order valence-electron chi connectivity index (χ0n) is 8.51. The van der Waals surface area contributed by atoms with Crippen LogP contribution in [0.25, 0.3) is 0 Å². The van der Waals surface area contributed by atoms with Gasteiger partial charge in [-0.3, -0.25) is 0 Å². The summed E-state index contributed by atoms with van der Waals surface area (Å²) in [5.41, 5.74) is 1.01. The van der Waals surface area contributed by atoms with Crippen LogP contribution in [0.4, 0.5) is 5.69 Å². The topological polar surface area (TPSA) is 32.3 Å². The molecular weight excluding hydrogens is 402 g/mol. The molecule has 0 spiro atoms. The van der Waals surface area contributed by atoms with E-state index in [0.29, 0.717) is 0 Å². The molecule has 0 bridgehead atoms. The maximum absolute atomic E-state index is 9.78. The summed E-state index contributed by atoms with van der Waals surface area (Å²) >= 11 is 10.5. The molecule has 2 rings (SSSR count). The highest BCUT2D eigenvalue weighted by Gasteiger charge is 2.26. The molecule has 0 heterocycles. The average Bonchev–Trinajstić information content (AvgIpc) is 2.57. The van der Waals surface area contributed by atoms with Crippen molar-refractivity contribution in [3.63, 3.8) is 0 Å². The van der Waals surface area contributed by atoms with Gasteiger partial charge in [-0.2, -0.15) is 0 Å². The SMILES string of the molecule is O[C@@H]1CCC[C@H]1Nc1c(Br)cc(Br)cc1Br. The third-order valence-corrected chi connectivity index (χ3v) is 4.52. The molecule has 2 atom stereocenters. The summed E-state index contributed by atoms with van der Waals surface area (Å²) in [6, 6.07) is 4.15. The first-order valence-electron chi connectivity index (χ1n) is 5.17. The molecule has 2 N–H and O–H groups in total. The van der Waals surface area contributed by atoms with Gasteiger partial charge >= 0.3 is 0 Å². The lowest BCUT2D eigenvalue weighted by Crippen LogP contribution is -2.28. The van der Waals surface area contributed by atoms with Crippen molar-refractivity contribution in [1.82, 2.24) is 0 Å². The summed E-state index contributed by atoms with van der Waals surface area (Å²) in [7, 11) is 0. The van der Waals surface area contributed by atoms with Crippen LogP contribution in [0.15, 0.2) is 25.6 Å². The number of aliphatic hydroxyl groups excluding tert-OH is 1. The van der Waals surface area contributed by atoms with Crippen molar-refractivity contribution in [3.05, 3.63) is 25.6 Å². The molecule has 2 nitrogen and oxygen atoms in total. The van der Waals surface area contributed by atoms with Gasteiger partial charge in [0.25, 0.3) is 0 Å². The number of nitrogens with one attached hydrogen (secondary N) is 1. The van der Waals surface area contributed by atoms with E-state index in [0.717, 1.165) is 38.4 Å². The monoisotopic (exact) mass is 411 g/mol.